The Kier molecular flexibility index (Phi) is 6.23. The van der Waals surface area contributed by atoms with E-state index < -0.39 is 0 Å². The fourth-order valence-corrected chi connectivity index (χ4v) is 3.57. The lowest BCUT2D eigenvalue weighted by molar-refractivity contribution is 0.321. The normalized spacial score (nSPS) is 11.2. The second-order valence-electron chi connectivity index (χ2n) is 4.91. The first kappa shape index (κ1) is 15.7. The zero-order valence-electron chi connectivity index (χ0n) is 12.0. The first-order valence-electron chi connectivity index (χ1n) is 6.89. The summed E-state index contributed by atoms with van der Waals surface area (Å²) in [6.07, 6.45) is 0. The van der Waals surface area contributed by atoms with Gasteiger partial charge in [0.05, 0.1) is 0 Å². The quantitative estimate of drug-likeness (QED) is 0.801. The Morgan fingerprint density at radius 3 is 2.60 bits per heavy atom. The SMILES string of the molecule is CCNCc1ccc(CN(C)Cc2ccccc2Br)s1. The summed E-state index contributed by atoms with van der Waals surface area (Å²) in [5, 5.41) is 3.37. The van der Waals surface area contributed by atoms with E-state index in [1.807, 2.05) is 11.3 Å². The number of hydrogen-bond acceptors (Lipinski definition) is 3. The highest BCUT2D eigenvalue weighted by atomic mass is 79.9. The highest BCUT2D eigenvalue weighted by molar-refractivity contribution is 9.10. The van der Waals surface area contributed by atoms with Crippen molar-refractivity contribution in [1.82, 2.24) is 10.2 Å². The number of hydrogen-bond donors (Lipinski definition) is 1. The summed E-state index contributed by atoms with van der Waals surface area (Å²) in [6.45, 7) is 6.10. The van der Waals surface area contributed by atoms with Crippen LogP contribution in [0.2, 0.25) is 0 Å². The number of rotatable bonds is 7. The van der Waals surface area contributed by atoms with Crippen molar-refractivity contribution in [3.8, 4) is 0 Å². The highest BCUT2D eigenvalue weighted by Gasteiger charge is 2.06. The van der Waals surface area contributed by atoms with Gasteiger partial charge < -0.3 is 5.32 Å². The van der Waals surface area contributed by atoms with Crippen molar-refractivity contribution in [2.45, 2.75) is 26.6 Å². The number of halogens is 1. The Morgan fingerprint density at radius 2 is 1.85 bits per heavy atom. The fourth-order valence-electron chi connectivity index (χ4n) is 2.09. The molecule has 0 unspecified atom stereocenters. The lowest BCUT2D eigenvalue weighted by Crippen LogP contribution is -2.16. The molecule has 0 aliphatic rings. The minimum absolute atomic E-state index is 0.960. The van der Waals surface area contributed by atoms with Crippen molar-refractivity contribution < 1.29 is 0 Å². The summed E-state index contributed by atoms with van der Waals surface area (Å²) >= 11 is 5.51. The molecule has 2 nitrogen and oxygen atoms in total. The minimum atomic E-state index is 0.960. The van der Waals surface area contributed by atoms with Crippen LogP contribution in [-0.2, 0) is 19.6 Å². The van der Waals surface area contributed by atoms with Crippen LogP contribution in [0.25, 0.3) is 0 Å². The molecule has 0 atom stereocenters. The van der Waals surface area contributed by atoms with Crippen LogP contribution >= 0.6 is 27.3 Å². The Morgan fingerprint density at radius 1 is 1.10 bits per heavy atom. The van der Waals surface area contributed by atoms with E-state index in [2.05, 4.69) is 76.5 Å². The van der Waals surface area contributed by atoms with Crippen LogP contribution in [0.4, 0.5) is 0 Å². The van der Waals surface area contributed by atoms with Gasteiger partial charge in [0, 0.05) is 33.9 Å². The molecule has 1 aromatic carbocycles. The van der Waals surface area contributed by atoms with E-state index >= 15 is 0 Å². The maximum Gasteiger partial charge on any atom is 0.0328 e. The van der Waals surface area contributed by atoms with Crippen molar-refractivity contribution >= 4 is 27.3 Å². The zero-order chi connectivity index (χ0) is 14.4. The van der Waals surface area contributed by atoms with Gasteiger partial charge in [-0.1, -0.05) is 41.1 Å². The third-order valence-electron chi connectivity index (χ3n) is 3.09. The molecule has 0 radical (unpaired) electrons. The molecule has 1 heterocycles. The van der Waals surface area contributed by atoms with Crippen LogP contribution in [0.15, 0.2) is 40.9 Å². The van der Waals surface area contributed by atoms with Crippen molar-refractivity contribution in [3.05, 3.63) is 56.2 Å². The van der Waals surface area contributed by atoms with E-state index in [1.54, 1.807) is 0 Å². The summed E-state index contributed by atoms with van der Waals surface area (Å²) in [6, 6.07) is 12.9. The topological polar surface area (TPSA) is 15.3 Å². The third-order valence-corrected chi connectivity index (χ3v) is 4.93. The molecule has 1 N–H and O–H groups in total. The van der Waals surface area contributed by atoms with Crippen LogP contribution in [0, 0.1) is 0 Å². The molecular formula is C16H21BrN2S. The fraction of sp³-hybridized carbons (Fsp3) is 0.375. The molecule has 2 aromatic rings. The molecule has 0 amide bonds. The minimum Gasteiger partial charge on any atom is -0.312 e. The molecule has 0 saturated heterocycles. The van der Waals surface area contributed by atoms with Gasteiger partial charge in [-0.05, 0) is 37.4 Å². The van der Waals surface area contributed by atoms with Crippen molar-refractivity contribution in [2.75, 3.05) is 13.6 Å². The lowest BCUT2D eigenvalue weighted by Gasteiger charge is -2.16. The van der Waals surface area contributed by atoms with Gasteiger partial charge in [0.2, 0.25) is 0 Å². The van der Waals surface area contributed by atoms with Crippen LogP contribution in [0.5, 0.6) is 0 Å². The smallest absolute Gasteiger partial charge is 0.0328 e. The van der Waals surface area contributed by atoms with Gasteiger partial charge in [-0.15, -0.1) is 11.3 Å². The van der Waals surface area contributed by atoms with Gasteiger partial charge in [0.1, 0.15) is 0 Å². The van der Waals surface area contributed by atoms with E-state index in [4.69, 9.17) is 0 Å². The standard InChI is InChI=1S/C16H21BrN2S/c1-3-18-10-14-8-9-15(20-14)12-19(2)11-13-6-4-5-7-16(13)17/h4-9,18H,3,10-12H2,1-2H3. The van der Waals surface area contributed by atoms with Crippen molar-refractivity contribution in [1.29, 1.82) is 0 Å². The van der Waals surface area contributed by atoms with Gasteiger partial charge in [-0.2, -0.15) is 0 Å². The summed E-state index contributed by atoms with van der Waals surface area (Å²) < 4.78 is 1.19. The van der Waals surface area contributed by atoms with Gasteiger partial charge in [-0.3, -0.25) is 4.90 Å². The molecule has 0 aliphatic carbocycles. The Balaban J connectivity index is 1.89. The summed E-state index contributed by atoms with van der Waals surface area (Å²) in [7, 11) is 2.17. The molecular weight excluding hydrogens is 332 g/mol. The number of benzene rings is 1. The number of nitrogens with zero attached hydrogens (tertiary/aromatic N) is 1. The Bertz CT molecular complexity index is 539. The Labute approximate surface area is 133 Å². The second-order valence-corrected chi connectivity index (χ2v) is 7.02. The average Bonchev–Trinajstić information content (AvgIpc) is 2.86. The maximum atomic E-state index is 3.61. The number of nitrogens with one attached hydrogen (secondary N) is 1. The predicted octanol–water partition coefficient (Wildman–Crippen LogP) is 4.25. The molecule has 4 heteroatoms. The van der Waals surface area contributed by atoms with Gasteiger partial charge in [0.15, 0.2) is 0 Å². The van der Waals surface area contributed by atoms with E-state index in [0.717, 1.165) is 26.2 Å². The zero-order valence-corrected chi connectivity index (χ0v) is 14.4. The molecule has 108 valence electrons. The number of thiophene rings is 1. The Hall–Kier alpha value is -0.680. The molecule has 20 heavy (non-hydrogen) atoms. The molecule has 0 bridgehead atoms. The predicted molar refractivity (Wildman–Crippen MR) is 91.0 cm³/mol. The van der Waals surface area contributed by atoms with Gasteiger partial charge in [0.25, 0.3) is 0 Å². The maximum absolute atomic E-state index is 3.61. The molecule has 0 fully saturated rings. The first-order valence-corrected chi connectivity index (χ1v) is 8.50. The molecule has 1 aromatic heterocycles. The van der Waals surface area contributed by atoms with Gasteiger partial charge >= 0.3 is 0 Å². The van der Waals surface area contributed by atoms with E-state index in [1.165, 1.54) is 19.8 Å². The summed E-state index contributed by atoms with van der Waals surface area (Å²) in [5.74, 6) is 0. The van der Waals surface area contributed by atoms with Crippen LogP contribution in [-0.4, -0.2) is 18.5 Å². The molecule has 0 spiro atoms. The van der Waals surface area contributed by atoms with E-state index in [0.29, 0.717) is 0 Å². The van der Waals surface area contributed by atoms with E-state index in [9.17, 15) is 0 Å². The van der Waals surface area contributed by atoms with E-state index in [-0.39, 0.29) is 0 Å². The van der Waals surface area contributed by atoms with Crippen LogP contribution in [0.3, 0.4) is 0 Å². The van der Waals surface area contributed by atoms with Crippen molar-refractivity contribution in [3.63, 3.8) is 0 Å². The second kappa shape index (κ2) is 7.93. The van der Waals surface area contributed by atoms with Crippen LogP contribution in [0.1, 0.15) is 22.2 Å². The molecule has 0 aliphatic heterocycles. The molecule has 0 saturated carbocycles. The lowest BCUT2D eigenvalue weighted by atomic mass is 10.2. The van der Waals surface area contributed by atoms with Crippen LogP contribution < -0.4 is 5.32 Å². The first-order chi connectivity index (χ1) is 9.69. The van der Waals surface area contributed by atoms with Gasteiger partial charge in [-0.25, -0.2) is 0 Å². The third kappa shape index (κ3) is 4.70. The summed E-state index contributed by atoms with van der Waals surface area (Å²) in [4.78, 5) is 5.19. The monoisotopic (exact) mass is 352 g/mol. The average molecular weight is 353 g/mol. The molecule has 2 rings (SSSR count). The summed E-state index contributed by atoms with van der Waals surface area (Å²) in [5.41, 5.74) is 1.33. The van der Waals surface area contributed by atoms with Crippen molar-refractivity contribution in [2.24, 2.45) is 0 Å². The largest absolute Gasteiger partial charge is 0.312 e. The highest BCUT2D eigenvalue weighted by Crippen LogP contribution is 2.21.